The van der Waals surface area contributed by atoms with Gasteiger partial charge in [0.1, 0.15) is 0 Å². The van der Waals surface area contributed by atoms with Gasteiger partial charge in [-0.05, 0) is 12.1 Å². The minimum absolute atomic E-state index is 0.0793. The van der Waals surface area contributed by atoms with Crippen LogP contribution in [-0.4, -0.2) is 56.1 Å². The number of nitrogens with two attached hydrogens (primary N) is 1. The molecule has 1 fully saturated rings. The molecule has 0 aliphatic carbocycles. The second kappa shape index (κ2) is 5.16. The molecule has 98 valence electrons. The van der Waals surface area contributed by atoms with E-state index in [0.29, 0.717) is 0 Å². The summed E-state index contributed by atoms with van der Waals surface area (Å²) in [4.78, 5) is 17.5. The molecule has 0 saturated carbocycles. The summed E-state index contributed by atoms with van der Waals surface area (Å²) in [5, 5.41) is 0. The number of carbonyl (C=O) groups excluding carboxylic acids is 1. The van der Waals surface area contributed by atoms with E-state index in [1.165, 1.54) is 0 Å². The zero-order valence-electron chi connectivity index (χ0n) is 11.0. The number of rotatable bonds is 1. The zero-order valence-corrected chi connectivity index (χ0v) is 11.0. The normalized spacial score (nSPS) is 15.7. The van der Waals surface area contributed by atoms with Gasteiger partial charge in [-0.3, -0.25) is 0 Å². The van der Waals surface area contributed by atoms with Gasteiger partial charge in [0.05, 0.1) is 11.4 Å². The smallest absolute Gasteiger partial charge is 0.319 e. The van der Waals surface area contributed by atoms with Crippen molar-refractivity contribution >= 4 is 17.4 Å². The van der Waals surface area contributed by atoms with Crippen LogP contribution in [0.15, 0.2) is 24.3 Å². The van der Waals surface area contributed by atoms with Gasteiger partial charge in [0, 0.05) is 40.3 Å². The van der Waals surface area contributed by atoms with E-state index in [9.17, 15) is 4.79 Å². The van der Waals surface area contributed by atoms with Gasteiger partial charge >= 0.3 is 6.03 Å². The Morgan fingerprint density at radius 3 is 2.33 bits per heavy atom. The molecule has 0 aromatic heterocycles. The van der Waals surface area contributed by atoms with E-state index in [1.54, 1.807) is 19.0 Å². The molecule has 1 heterocycles. The Hall–Kier alpha value is -1.91. The van der Waals surface area contributed by atoms with Crippen molar-refractivity contribution < 1.29 is 4.79 Å². The fraction of sp³-hybridized carbons (Fsp3) is 0.462. The van der Waals surface area contributed by atoms with Gasteiger partial charge in [-0.1, -0.05) is 12.1 Å². The quantitative estimate of drug-likeness (QED) is 0.756. The van der Waals surface area contributed by atoms with E-state index in [0.717, 1.165) is 37.6 Å². The lowest BCUT2D eigenvalue weighted by Crippen LogP contribution is -2.51. The van der Waals surface area contributed by atoms with Crippen LogP contribution in [0.25, 0.3) is 0 Å². The molecule has 2 rings (SSSR count). The summed E-state index contributed by atoms with van der Waals surface area (Å²) in [7, 11) is 3.56. The number of piperazine rings is 1. The van der Waals surface area contributed by atoms with E-state index in [2.05, 4.69) is 4.90 Å². The molecule has 0 bridgehead atoms. The molecule has 1 aliphatic heterocycles. The minimum Gasteiger partial charge on any atom is -0.397 e. The fourth-order valence-electron chi connectivity index (χ4n) is 2.20. The molecule has 2 N–H and O–H groups in total. The van der Waals surface area contributed by atoms with Crippen molar-refractivity contribution in [1.29, 1.82) is 0 Å². The maximum absolute atomic E-state index is 11.8. The van der Waals surface area contributed by atoms with Crippen molar-refractivity contribution in [2.75, 3.05) is 50.9 Å². The van der Waals surface area contributed by atoms with Crippen molar-refractivity contribution in [2.24, 2.45) is 0 Å². The lowest BCUT2D eigenvalue weighted by molar-refractivity contribution is 0.168. The van der Waals surface area contributed by atoms with Gasteiger partial charge in [0.15, 0.2) is 0 Å². The third-order valence-electron chi connectivity index (χ3n) is 3.21. The maximum Gasteiger partial charge on any atom is 0.319 e. The number of hydrogen-bond donors (Lipinski definition) is 1. The number of carbonyl (C=O) groups is 1. The molecule has 0 radical (unpaired) electrons. The van der Waals surface area contributed by atoms with Crippen molar-refractivity contribution in [3.63, 3.8) is 0 Å². The number of nitrogens with zero attached hydrogens (tertiary/aromatic N) is 3. The maximum atomic E-state index is 11.8. The number of urea groups is 1. The van der Waals surface area contributed by atoms with Crippen LogP contribution in [0.1, 0.15) is 0 Å². The van der Waals surface area contributed by atoms with Crippen LogP contribution < -0.4 is 10.6 Å². The number of para-hydroxylation sites is 2. The standard InChI is InChI=1S/C13H20N4O/c1-15(2)13(18)17-9-7-16(8-10-17)12-6-4-3-5-11(12)14/h3-6H,7-10,14H2,1-2H3. The first-order valence-electron chi connectivity index (χ1n) is 6.15. The highest BCUT2D eigenvalue weighted by Crippen LogP contribution is 2.23. The van der Waals surface area contributed by atoms with E-state index in [4.69, 9.17) is 5.73 Å². The summed E-state index contributed by atoms with van der Waals surface area (Å²) in [5.41, 5.74) is 7.82. The molecule has 2 amide bonds. The van der Waals surface area contributed by atoms with Crippen LogP contribution >= 0.6 is 0 Å². The highest BCUT2D eigenvalue weighted by Gasteiger charge is 2.22. The van der Waals surface area contributed by atoms with Gasteiger partial charge in [0.2, 0.25) is 0 Å². The molecule has 5 heteroatoms. The number of nitrogen functional groups attached to an aromatic ring is 1. The summed E-state index contributed by atoms with van der Waals surface area (Å²) in [6, 6.07) is 7.94. The zero-order chi connectivity index (χ0) is 13.1. The molecule has 1 aromatic rings. The molecule has 0 atom stereocenters. The molecule has 1 aliphatic rings. The van der Waals surface area contributed by atoms with E-state index < -0.39 is 0 Å². The Balaban J connectivity index is 1.99. The summed E-state index contributed by atoms with van der Waals surface area (Å²) >= 11 is 0. The first-order valence-corrected chi connectivity index (χ1v) is 6.15. The Kier molecular flexibility index (Phi) is 3.60. The second-order valence-electron chi connectivity index (χ2n) is 4.71. The van der Waals surface area contributed by atoms with Gasteiger partial charge in [-0.25, -0.2) is 4.79 Å². The number of benzene rings is 1. The molecule has 1 saturated heterocycles. The van der Waals surface area contributed by atoms with Gasteiger partial charge in [-0.15, -0.1) is 0 Å². The van der Waals surface area contributed by atoms with Crippen molar-refractivity contribution in [3.05, 3.63) is 24.3 Å². The molecule has 0 spiro atoms. The SMILES string of the molecule is CN(C)C(=O)N1CCN(c2ccccc2N)CC1. The lowest BCUT2D eigenvalue weighted by atomic mass is 10.2. The monoisotopic (exact) mass is 248 g/mol. The second-order valence-corrected chi connectivity index (χ2v) is 4.71. The summed E-state index contributed by atoms with van der Waals surface area (Å²) in [5.74, 6) is 0. The summed E-state index contributed by atoms with van der Waals surface area (Å²) in [6.07, 6.45) is 0. The van der Waals surface area contributed by atoms with Crippen LogP contribution in [0.2, 0.25) is 0 Å². The molecule has 0 unspecified atom stereocenters. The highest BCUT2D eigenvalue weighted by atomic mass is 16.2. The molecular weight excluding hydrogens is 228 g/mol. The van der Waals surface area contributed by atoms with Crippen LogP contribution in [0, 0.1) is 0 Å². The lowest BCUT2D eigenvalue weighted by Gasteiger charge is -2.37. The Morgan fingerprint density at radius 1 is 1.17 bits per heavy atom. The average molecular weight is 248 g/mol. The number of amides is 2. The largest absolute Gasteiger partial charge is 0.397 e. The van der Waals surface area contributed by atoms with Crippen LogP contribution in [-0.2, 0) is 0 Å². The first kappa shape index (κ1) is 12.5. The molecule has 1 aromatic carbocycles. The predicted molar refractivity (Wildman–Crippen MR) is 73.7 cm³/mol. The molecular formula is C13H20N4O. The average Bonchev–Trinajstić information content (AvgIpc) is 2.38. The van der Waals surface area contributed by atoms with Crippen LogP contribution in [0.5, 0.6) is 0 Å². The molecule has 18 heavy (non-hydrogen) atoms. The van der Waals surface area contributed by atoms with Crippen LogP contribution in [0.3, 0.4) is 0 Å². The van der Waals surface area contributed by atoms with E-state index in [-0.39, 0.29) is 6.03 Å². The minimum atomic E-state index is 0.0793. The summed E-state index contributed by atoms with van der Waals surface area (Å²) in [6.45, 7) is 3.14. The van der Waals surface area contributed by atoms with Gasteiger partial charge in [0.25, 0.3) is 0 Å². The third-order valence-corrected chi connectivity index (χ3v) is 3.21. The van der Waals surface area contributed by atoms with Gasteiger partial charge < -0.3 is 20.4 Å². The molecule has 5 nitrogen and oxygen atoms in total. The van der Waals surface area contributed by atoms with E-state index in [1.807, 2.05) is 29.2 Å². The Bertz CT molecular complexity index is 425. The highest BCUT2D eigenvalue weighted by molar-refractivity contribution is 5.74. The fourth-order valence-corrected chi connectivity index (χ4v) is 2.20. The van der Waals surface area contributed by atoms with Crippen LogP contribution in [0.4, 0.5) is 16.2 Å². The third kappa shape index (κ3) is 2.50. The number of hydrogen-bond acceptors (Lipinski definition) is 3. The summed E-state index contributed by atoms with van der Waals surface area (Å²) < 4.78 is 0. The topological polar surface area (TPSA) is 52.8 Å². The number of anilines is 2. The Labute approximate surface area is 108 Å². The first-order chi connectivity index (χ1) is 8.59. The predicted octanol–water partition coefficient (Wildman–Crippen LogP) is 1.07. The van der Waals surface area contributed by atoms with Crippen molar-refractivity contribution in [2.45, 2.75) is 0 Å². The van der Waals surface area contributed by atoms with Gasteiger partial charge in [-0.2, -0.15) is 0 Å². The van der Waals surface area contributed by atoms with E-state index >= 15 is 0 Å². The van der Waals surface area contributed by atoms with Crippen molar-refractivity contribution in [1.82, 2.24) is 9.80 Å². The Morgan fingerprint density at radius 2 is 1.78 bits per heavy atom. The van der Waals surface area contributed by atoms with Crippen molar-refractivity contribution in [3.8, 4) is 0 Å².